The highest BCUT2D eigenvalue weighted by Crippen LogP contribution is 2.37. The van der Waals surface area contributed by atoms with E-state index in [2.05, 4.69) is 15.3 Å². The number of nitrogens with one attached hydrogen (secondary N) is 1. The van der Waals surface area contributed by atoms with E-state index in [0.29, 0.717) is 23.4 Å². The quantitative estimate of drug-likeness (QED) is 0.484. The highest BCUT2D eigenvalue weighted by molar-refractivity contribution is 6.28. The lowest BCUT2D eigenvalue weighted by atomic mass is 9.99. The molecule has 7 nitrogen and oxygen atoms in total. The molecule has 0 amide bonds. The molecule has 0 spiro atoms. The van der Waals surface area contributed by atoms with Crippen LogP contribution in [0.15, 0.2) is 48.5 Å². The molecule has 0 aliphatic carbocycles. The number of hydrogen-bond donors (Lipinski definition) is 4. The van der Waals surface area contributed by atoms with Crippen molar-refractivity contribution in [2.75, 3.05) is 11.9 Å². The maximum absolute atomic E-state index is 10.4. The molecule has 1 fully saturated rings. The molecule has 1 saturated heterocycles. The number of rotatable bonds is 5. The van der Waals surface area contributed by atoms with Crippen molar-refractivity contribution in [2.45, 2.75) is 31.0 Å². The summed E-state index contributed by atoms with van der Waals surface area (Å²) in [6.07, 6.45) is -4.05. The van der Waals surface area contributed by atoms with Gasteiger partial charge in [-0.2, -0.15) is 0 Å². The number of nitrogens with zero attached hydrogens (tertiary/aromatic N) is 2. The maximum Gasteiger partial charge on any atom is 0.224 e. The molecule has 28 heavy (non-hydrogen) atoms. The summed E-state index contributed by atoms with van der Waals surface area (Å²) < 4.78 is 5.66. The van der Waals surface area contributed by atoms with E-state index in [1.165, 1.54) is 0 Å². The van der Waals surface area contributed by atoms with Gasteiger partial charge in [-0.3, -0.25) is 0 Å². The number of halogens is 1. The minimum atomic E-state index is -1.18. The zero-order valence-corrected chi connectivity index (χ0v) is 15.6. The van der Waals surface area contributed by atoms with Gasteiger partial charge in [0.1, 0.15) is 30.2 Å². The van der Waals surface area contributed by atoms with Crippen LogP contribution in [-0.2, 0) is 11.3 Å². The third kappa shape index (κ3) is 3.55. The average molecular weight is 402 g/mol. The highest BCUT2D eigenvalue weighted by atomic mass is 35.5. The van der Waals surface area contributed by atoms with Gasteiger partial charge in [0.15, 0.2) is 0 Å². The second kappa shape index (κ2) is 7.98. The number of anilines is 1. The van der Waals surface area contributed by atoms with Gasteiger partial charge in [0, 0.05) is 17.5 Å². The van der Waals surface area contributed by atoms with Crippen molar-refractivity contribution in [1.29, 1.82) is 0 Å². The first-order valence-electron chi connectivity index (χ1n) is 8.95. The average Bonchev–Trinajstić information content (AvgIpc) is 3.00. The Kier molecular flexibility index (Phi) is 5.43. The van der Waals surface area contributed by atoms with E-state index in [1.807, 2.05) is 36.4 Å². The number of aliphatic hydroxyl groups excluding tert-OH is 3. The van der Waals surface area contributed by atoms with Crippen molar-refractivity contribution in [3.63, 3.8) is 0 Å². The molecule has 0 radical (unpaired) electrons. The monoisotopic (exact) mass is 401 g/mol. The topological polar surface area (TPSA) is 108 Å². The van der Waals surface area contributed by atoms with E-state index in [-0.39, 0.29) is 11.9 Å². The number of fused-ring (bicyclic) bond motifs is 1. The molecule has 0 saturated carbocycles. The van der Waals surface area contributed by atoms with Crippen LogP contribution < -0.4 is 5.32 Å². The summed E-state index contributed by atoms with van der Waals surface area (Å²) in [6.45, 7) is 0.167. The van der Waals surface area contributed by atoms with Crippen LogP contribution in [0.25, 0.3) is 10.9 Å². The standard InChI is InChI=1S/C20H20ClN3O4/c21-20-23-15-12(18-17(27)16(26)14(10-25)28-18)7-4-8-13(15)19(24-20)22-9-11-5-2-1-3-6-11/h1-8,14,16-18,25-27H,9-10H2,(H,22,23,24)/t14-,16-,17-,18+/m1/s1. The summed E-state index contributed by atoms with van der Waals surface area (Å²) in [5.74, 6) is 0.562. The maximum atomic E-state index is 10.4. The lowest BCUT2D eigenvalue weighted by molar-refractivity contribution is -0.0224. The largest absolute Gasteiger partial charge is 0.394 e. The third-order valence-corrected chi connectivity index (χ3v) is 5.05. The molecule has 0 unspecified atom stereocenters. The second-order valence-corrected chi connectivity index (χ2v) is 7.02. The Morgan fingerprint density at radius 1 is 1.00 bits per heavy atom. The summed E-state index contributed by atoms with van der Waals surface area (Å²) in [7, 11) is 0. The molecule has 0 bridgehead atoms. The molecule has 2 aromatic carbocycles. The van der Waals surface area contributed by atoms with Gasteiger partial charge in [0.25, 0.3) is 0 Å². The van der Waals surface area contributed by atoms with Crippen LogP contribution in [0, 0.1) is 0 Å². The predicted octanol–water partition coefficient (Wildman–Crippen LogP) is 2.05. The summed E-state index contributed by atoms with van der Waals surface area (Å²) in [4.78, 5) is 8.62. The molecule has 3 aromatic rings. The first-order valence-corrected chi connectivity index (χ1v) is 9.32. The molecule has 4 N–H and O–H groups in total. The Bertz CT molecular complexity index is 972. The molecule has 8 heteroatoms. The van der Waals surface area contributed by atoms with Crippen molar-refractivity contribution in [3.8, 4) is 0 Å². The fraction of sp³-hybridized carbons (Fsp3) is 0.300. The number of benzene rings is 2. The Morgan fingerprint density at radius 3 is 2.50 bits per heavy atom. The normalized spacial score (nSPS) is 24.6. The second-order valence-electron chi connectivity index (χ2n) is 6.68. The zero-order valence-electron chi connectivity index (χ0n) is 14.9. The van der Waals surface area contributed by atoms with E-state index in [9.17, 15) is 15.3 Å². The van der Waals surface area contributed by atoms with Gasteiger partial charge in [-0.1, -0.05) is 42.5 Å². The molecule has 1 aromatic heterocycles. The Balaban J connectivity index is 1.71. The van der Waals surface area contributed by atoms with Gasteiger partial charge >= 0.3 is 0 Å². The van der Waals surface area contributed by atoms with Crippen LogP contribution in [0.1, 0.15) is 17.2 Å². The van der Waals surface area contributed by atoms with Crippen LogP contribution in [0.4, 0.5) is 5.82 Å². The number of aliphatic hydroxyl groups is 3. The van der Waals surface area contributed by atoms with Crippen molar-refractivity contribution in [1.82, 2.24) is 9.97 Å². The molecular formula is C20H20ClN3O4. The van der Waals surface area contributed by atoms with Crippen LogP contribution in [0.3, 0.4) is 0 Å². The number of ether oxygens (including phenoxy) is 1. The van der Waals surface area contributed by atoms with E-state index in [1.54, 1.807) is 12.1 Å². The molecule has 2 heterocycles. The molecular weight excluding hydrogens is 382 g/mol. The van der Waals surface area contributed by atoms with Crippen LogP contribution >= 0.6 is 11.6 Å². The molecule has 146 valence electrons. The van der Waals surface area contributed by atoms with E-state index < -0.39 is 24.4 Å². The molecule has 4 atom stereocenters. The van der Waals surface area contributed by atoms with Crippen LogP contribution in [0.5, 0.6) is 0 Å². The van der Waals surface area contributed by atoms with Crippen LogP contribution in [-0.4, -0.2) is 50.2 Å². The van der Waals surface area contributed by atoms with E-state index >= 15 is 0 Å². The van der Waals surface area contributed by atoms with Gasteiger partial charge in [-0.15, -0.1) is 0 Å². The van der Waals surface area contributed by atoms with E-state index in [0.717, 1.165) is 10.9 Å². The number of hydrogen-bond acceptors (Lipinski definition) is 7. The smallest absolute Gasteiger partial charge is 0.224 e. The van der Waals surface area contributed by atoms with Gasteiger partial charge in [-0.05, 0) is 23.2 Å². The SMILES string of the molecule is OC[C@H]1O[C@@H](c2cccc3c(NCc4ccccc4)nc(Cl)nc23)[C@H](O)[C@@H]1O. The van der Waals surface area contributed by atoms with Gasteiger partial charge in [0.2, 0.25) is 5.28 Å². The van der Waals surface area contributed by atoms with Gasteiger partial charge in [-0.25, -0.2) is 9.97 Å². The fourth-order valence-electron chi connectivity index (χ4n) is 3.45. The first kappa shape index (κ1) is 19.0. The van der Waals surface area contributed by atoms with Crippen molar-refractivity contribution >= 4 is 28.3 Å². The lowest BCUT2D eigenvalue weighted by Gasteiger charge is -2.18. The Hall–Kier alpha value is -2.29. The summed E-state index contributed by atoms with van der Waals surface area (Å²) in [5.41, 5.74) is 2.19. The zero-order chi connectivity index (χ0) is 19.7. The van der Waals surface area contributed by atoms with E-state index in [4.69, 9.17) is 16.3 Å². The first-order chi connectivity index (χ1) is 13.6. The third-order valence-electron chi connectivity index (χ3n) is 4.88. The number of para-hydroxylation sites is 1. The highest BCUT2D eigenvalue weighted by Gasteiger charge is 2.43. The van der Waals surface area contributed by atoms with Gasteiger partial charge in [0.05, 0.1) is 12.1 Å². The Morgan fingerprint density at radius 2 is 1.79 bits per heavy atom. The molecule has 1 aliphatic heterocycles. The van der Waals surface area contributed by atoms with Crippen LogP contribution in [0.2, 0.25) is 5.28 Å². The molecule has 4 rings (SSSR count). The van der Waals surface area contributed by atoms with Crippen molar-refractivity contribution < 1.29 is 20.1 Å². The summed E-state index contributed by atoms with van der Waals surface area (Å²) >= 11 is 6.15. The minimum absolute atomic E-state index is 0.0576. The number of aromatic nitrogens is 2. The Labute approximate surface area is 166 Å². The summed E-state index contributed by atoms with van der Waals surface area (Å²) in [6, 6.07) is 15.3. The summed E-state index contributed by atoms with van der Waals surface area (Å²) in [5, 5.41) is 33.9. The van der Waals surface area contributed by atoms with Crippen molar-refractivity contribution in [3.05, 3.63) is 64.9 Å². The lowest BCUT2D eigenvalue weighted by Crippen LogP contribution is -2.32. The predicted molar refractivity (Wildman–Crippen MR) is 105 cm³/mol. The van der Waals surface area contributed by atoms with Crippen molar-refractivity contribution in [2.24, 2.45) is 0 Å². The fourth-order valence-corrected chi connectivity index (χ4v) is 3.62. The minimum Gasteiger partial charge on any atom is -0.394 e. The molecule has 1 aliphatic rings. The van der Waals surface area contributed by atoms with Gasteiger partial charge < -0.3 is 25.4 Å².